The predicted molar refractivity (Wildman–Crippen MR) is 83.8 cm³/mol. The number of halogens is 1. The van der Waals surface area contributed by atoms with Crippen molar-refractivity contribution in [2.75, 3.05) is 0 Å². The number of hydrogen-bond donors (Lipinski definition) is 2. The molecular formula is C16H13ClN2O2. The van der Waals surface area contributed by atoms with Crippen LogP contribution in [0, 0.1) is 6.92 Å². The van der Waals surface area contributed by atoms with Crippen LogP contribution in [0.25, 0.3) is 22.3 Å². The lowest BCUT2D eigenvalue weighted by molar-refractivity contribution is 0.472. The van der Waals surface area contributed by atoms with E-state index in [2.05, 4.69) is 9.97 Å². The van der Waals surface area contributed by atoms with Crippen LogP contribution in [0.15, 0.2) is 41.2 Å². The SMILES string of the molecule is Cc1cc(CCl)c(O)c(-c2nc3ccccc3c(=O)[nH]2)c1. The lowest BCUT2D eigenvalue weighted by atomic mass is 10.0. The smallest absolute Gasteiger partial charge is 0.259 e. The molecule has 0 aliphatic rings. The molecule has 0 atom stereocenters. The minimum absolute atomic E-state index is 0.0500. The molecule has 0 aliphatic carbocycles. The molecule has 0 amide bonds. The first kappa shape index (κ1) is 13.6. The van der Waals surface area contributed by atoms with Crippen LogP contribution in [0.4, 0.5) is 0 Å². The van der Waals surface area contributed by atoms with Crippen molar-refractivity contribution in [3.05, 3.63) is 57.9 Å². The lowest BCUT2D eigenvalue weighted by Crippen LogP contribution is -2.09. The molecule has 106 valence electrons. The standard InChI is InChI=1S/C16H13ClN2O2/c1-9-6-10(8-17)14(20)12(7-9)15-18-13-5-3-2-4-11(13)16(21)19-15/h2-7,20H,8H2,1H3,(H,18,19,21). The fraction of sp³-hybridized carbons (Fsp3) is 0.125. The van der Waals surface area contributed by atoms with Crippen molar-refractivity contribution in [3.63, 3.8) is 0 Å². The number of H-pyrrole nitrogens is 1. The quantitative estimate of drug-likeness (QED) is 0.713. The van der Waals surface area contributed by atoms with Crippen molar-refractivity contribution >= 4 is 22.5 Å². The highest BCUT2D eigenvalue weighted by molar-refractivity contribution is 6.17. The van der Waals surface area contributed by atoms with Gasteiger partial charge in [0.1, 0.15) is 11.6 Å². The van der Waals surface area contributed by atoms with Crippen LogP contribution < -0.4 is 5.56 Å². The van der Waals surface area contributed by atoms with Gasteiger partial charge in [0.15, 0.2) is 0 Å². The second-order valence-electron chi connectivity index (χ2n) is 4.89. The number of aromatic amines is 1. The van der Waals surface area contributed by atoms with E-state index in [4.69, 9.17) is 11.6 Å². The molecule has 0 spiro atoms. The van der Waals surface area contributed by atoms with Gasteiger partial charge in [-0.1, -0.05) is 18.2 Å². The number of aromatic nitrogens is 2. The number of hydrogen-bond acceptors (Lipinski definition) is 3. The van der Waals surface area contributed by atoms with Gasteiger partial charge in [-0.3, -0.25) is 4.79 Å². The molecule has 0 saturated heterocycles. The number of nitrogens with one attached hydrogen (secondary N) is 1. The van der Waals surface area contributed by atoms with Crippen molar-refractivity contribution < 1.29 is 5.11 Å². The largest absolute Gasteiger partial charge is 0.507 e. The van der Waals surface area contributed by atoms with E-state index in [9.17, 15) is 9.90 Å². The maximum absolute atomic E-state index is 12.1. The second kappa shape index (κ2) is 5.22. The molecule has 0 radical (unpaired) electrons. The van der Waals surface area contributed by atoms with Gasteiger partial charge in [-0.25, -0.2) is 4.98 Å². The van der Waals surface area contributed by atoms with Crippen LogP contribution in [-0.4, -0.2) is 15.1 Å². The van der Waals surface area contributed by atoms with Crippen LogP contribution in [0.5, 0.6) is 5.75 Å². The summed E-state index contributed by atoms with van der Waals surface area (Å²) in [4.78, 5) is 19.3. The van der Waals surface area contributed by atoms with E-state index in [0.717, 1.165) is 5.56 Å². The highest BCUT2D eigenvalue weighted by Gasteiger charge is 2.13. The topological polar surface area (TPSA) is 66.0 Å². The Balaban J connectivity index is 2.31. The van der Waals surface area contributed by atoms with Gasteiger partial charge in [0, 0.05) is 5.56 Å². The monoisotopic (exact) mass is 300 g/mol. The number of nitrogens with zero attached hydrogens (tertiary/aromatic N) is 1. The summed E-state index contributed by atoms with van der Waals surface area (Å²) < 4.78 is 0. The number of aryl methyl sites for hydroxylation is 1. The average molecular weight is 301 g/mol. The summed E-state index contributed by atoms with van der Waals surface area (Å²) in [5.74, 6) is 0.582. The zero-order valence-electron chi connectivity index (χ0n) is 11.4. The molecule has 0 saturated carbocycles. The first-order valence-electron chi connectivity index (χ1n) is 6.48. The van der Waals surface area contributed by atoms with E-state index in [1.807, 2.05) is 19.1 Å². The van der Waals surface area contributed by atoms with Crippen molar-refractivity contribution in [3.8, 4) is 17.1 Å². The van der Waals surface area contributed by atoms with Crippen molar-refractivity contribution in [1.29, 1.82) is 0 Å². The molecule has 0 aliphatic heterocycles. The maximum atomic E-state index is 12.1. The number of para-hydroxylation sites is 1. The Morgan fingerprint density at radius 3 is 2.81 bits per heavy atom. The molecule has 21 heavy (non-hydrogen) atoms. The fourth-order valence-corrected chi connectivity index (χ4v) is 2.55. The number of benzene rings is 2. The molecule has 0 fully saturated rings. The van der Waals surface area contributed by atoms with E-state index in [1.54, 1.807) is 24.3 Å². The Kier molecular flexibility index (Phi) is 3.39. The first-order chi connectivity index (χ1) is 10.1. The van der Waals surface area contributed by atoms with Crippen molar-refractivity contribution in [2.45, 2.75) is 12.8 Å². The van der Waals surface area contributed by atoms with Gasteiger partial charge in [-0.2, -0.15) is 0 Å². The van der Waals surface area contributed by atoms with E-state index in [0.29, 0.717) is 27.9 Å². The Morgan fingerprint density at radius 2 is 2.05 bits per heavy atom. The molecule has 3 aromatic rings. The van der Waals surface area contributed by atoms with Crippen molar-refractivity contribution in [1.82, 2.24) is 9.97 Å². The fourth-order valence-electron chi connectivity index (χ4n) is 2.35. The summed E-state index contributed by atoms with van der Waals surface area (Å²) in [6.45, 7) is 1.90. The number of phenolic OH excluding ortho intramolecular Hbond substituents is 1. The molecule has 4 nitrogen and oxygen atoms in total. The molecule has 2 aromatic carbocycles. The summed E-state index contributed by atoms with van der Waals surface area (Å²) in [5.41, 5.74) is 2.39. The van der Waals surface area contributed by atoms with Gasteiger partial charge in [-0.15, -0.1) is 11.6 Å². The molecule has 2 N–H and O–H groups in total. The van der Waals surface area contributed by atoms with Gasteiger partial charge in [0.25, 0.3) is 5.56 Å². The normalized spacial score (nSPS) is 11.0. The summed E-state index contributed by atoms with van der Waals surface area (Å²) in [7, 11) is 0. The van der Waals surface area contributed by atoms with Gasteiger partial charge >= 0.3 is 0 Å². The van der Waals surface area contributed by atoms with Crippen LogP contribution in [0.1, 0.15) is 11.1 Å². The molecule has 5 heteroatoms. The second-order valence-corrected chi connectivity index (χ2v) is 5.15. The van der Waals surface area contributed by atoms with Crippen LogP contribution in [0.2, 0.25) is 0 Å². The predicted octanol–water partition coefficient (Wildman–Crippen LogP) is 3.34. The third-order valence-electron chi connectivity index (χ3n) is 3.35. The van der Waals surface area contributed by atoms with E-state index < -0.39 is 0 Å². The van der Waals surface area contributed by atoms with Crippen LogP contribution in [-0.2, 0) is 5.88 Å². The summed E-state index contributed by atoms with van der Waals surface area (Å²) in [5, 5.41) is 10.8. The number of aromatic hydroxyl groups is 1. The Morgan fingerprint density at radius 1 is 1.29 bits per heavy atom. The van der Waals surface area contributed by atoms with E-state index >= 15 is 0 Å². The number of rotatable bonds is 2. The maximum Gasteiger partial charge on any atom is 0.259 e. The number of alkyl halides is 1. The highest BCUT2D eigenvalue weighted by Crippen LogP contribution is 2.32. The van der Waals surface area contributed by atoms with Gasteiger partial charge < -0.3 is 10.1 Å². The van der Waals surface area contributed by atoms with E-state index in [-0.39, 0.29) is 17.2 Å². The van der Waals surface area contributed by atoms with Crippen molar-refractivity contribution in [2.24, 2.45) is 0 Å². The first-order valence-corrected chi connectivity index (χ1v) is 7.01. The molecule has 0 unspecified atom stereocenters. The van der Waals surface area contributed by atoms with Gasteiger partial charge in [0.2, 0.25) is 0 Å². The molecular weight excluding hydrogens is 288 g/mol. The average Bonchev–Trinajstić information content (AvgIpc) is 2.49. The summed E-state index contributed by atoms with van der Waals surface area (Å²) >= 11 is 5.84. The van der Waals surface area contributed by atoms with Gasteiger partial charge in [-0.05, 0) is 30.7 Å². The molecule has 3 rings (SSSR count). The Labute approximate surface area is 126 Å². The Hall–Kier alpha value is -2.33. The minimum Gasteiger partial charge on any atom is -0.507 e. The highest BCUT2D eigenvalue weighted by atomic mass is 35.5. The van der Waals surface area contributed by atoms with E-state index in [1.165, 1.54) is 0 Å². The number of phenols is 1. The zero-order chi connectivity index (χ0) is 15.0. The van der Waals surface area contributed by atoms with Crippen LogP contribution in [0.3, 0.4) is 0 Å². The minimum atomic E-state index is -0.232. The Bertz CT molecular complexity index is 887. The summed E-state index contributed by atoms with van der Waals surface area (Å²) in [6, 6.07) is 10.7. The molecule has 0 bridgehead atoms. The van der Waals surface area contributed by atoms with Gasteiger partial charge in [0.05, 0.1) is 22.3 Å². The molecule has 1 heterocycles. The third kappa shape index (κ3) is 2.38. The zero-order valence-corrected chi connectivity index (χ0v) is 12.1. The van der Waals surface area contributed by atoms with Crippen LogP contribution >= 0.6 is 11.6 Å². The third-order valence-corrected chi connectivity index (χ3v) is 3.63. The number of fused-ring (bicyclic) bond motifs is 1. The summed E-state index contributed by atoms with van der Waals surface area (Å²) in [6.07, 6.45) is 0. The molecule has 1 aromatic heterocycles. The lowest BCUT2D eigenvalue weighted by Gasteiger charge is -2.10.